The maximum Gasteiger partial charge on any atom is 0.310 e. The van der Waals surface area contributed by atoms with Crippen molar-refractivity contribution in [1.29, 1.82) is 0 Å². The second kappa shape index (κ2) is 6.06. The predicted octanol–water partition coefficient (Wildman–Crippen LogP) is 1.62. The summed E-state index contributed by atoms with van der Waals surface area (Å²) >= 11 is 0. The van der Waals surface area contributed by atoms with Crippen LogP contribution in [0.2, 0.25) is 0 Å². The number of esters is 1. The van der Waals surface area contributed by atoms with E-state index < -0.39 is 0 Å². The molecule has 1 aromatic carbocycles. The largest absolute Gasteiger partial charge is 0.494 e. The number of rotatable bonds is 5. The molecule has 2 rings (SSSR count). The summed E-state index contributed by atoms with van der Waals surface area (Å²) in [5.74, 6) is 0.619. The Labute approximate surface area is 113 Å². The van der Waals surface area contributed by atoms with Gasteiger partial charge in [-0.1, -0.05) is 0 Å². The molecule has 0 aliphatic heterocycles. The van der Waals surface area contributed by atoms with E-state index in [1.807, 2.05) is 26.0 Å². The van der Waals surface area contributed by atoms with Crippen LogP contribution in [0.1, 0.15) is 30.5 Å². The first kappa shape index (κ1) is 13.9. The number of fused-ring (bicyclic) bond motifs is 1. The Morgan fingerprint density at radius 2 is 2.11 bits per heavy atom. The fraction of sp³-hybridized carbons (Fsp3) is 0.533. The Bertz CT molecular complexity index is 471. The highest BCUT2D eigenvalue weighted by Gasteiger charge is 2.23. The summed E-state index contributed by atoms with van der Waals surface area (Å²) in [6, 6.07) is 4.13. The van der Waals surface area contributed by atoms with E-state index in [1.165, 1.54) is 11.1 Å². The van der Waals surface area contributed by atoms with Crippen LogP contribution in [0.5, 0.6) is 5.75 Å². The Hall–Kier alpha value is -1.55. The molecule has 0 bridgehead atoms. The lowest BCUT2D eigenvalue weighted by Crippen LogP contribution is -2.19. The van der Waals surface area contributed by atoms with Crippen LogP contribution in [0.15, 0.2) is 12.1 Å². The summed E-state index contributed by atoms with van der Waals surface area (Å²) in [7, 11) is 0. The minimum atomic E-state index is -0.196. The number of carbonyl (C=O) groups is 1. The van der Waals surface area contributed by atoms with Crippen molar-refractivity contribution in [2.75, 3.05) is 13.2 Å². The summed E-state index contributed by atoms with van der Waals surface area (Å²) in [6.07, 6.45) is 1.98. The normalized spacial score (nSPS) is 17.1. The lowest BCUT2D eigenvalue weighted by atomic mass is 10.00. The molecule has 4 nitrogen and oxygen atoms in total. The van der Waals surface area contributed by atoms with Crippen molar-refractivity contribution in [3.63, 3.8) is 0 Å². The van der Waals surface area contributed by atoms with E-state index in [2.05, 4.69) is 0 Å². The number of nitrogens with two attached hydrogens (primary N) is 1. The van der Waals surface area contributed by atoms with E-state index in [9.17, 15) is 4.79 Å². The fourth-order valence-corrected chi connectivity index (χ4v) is 2.60. The molecule has 19 heavy (non-hydrogen) atoms. The van der Waals surface area contributed by atoms with Gasteiger partial charge in [0.15, 0.2) is 0 Å². The maximum absolute atomic E-state index is 11.7. The second-order valence-corrected chi connectivity index (χ2v) is 4.80. The van der Waals surface area contributed by atoms with Gasteiger partial charge in [-0.2, -0.15) is 0 Å². The molecule has 1 aromatic rings. The number of hydrogen-bond acceptors (Lipinski definition) is 4. The SMILES string of the molecule is CCOC(=O)Cc1cc(OCC)cc2c1CC(N)C2. The van der Waals surface area contributed by atoms with Crippen LogP contribution < -0.4 is 10.5 Å². The lowest BCUT2D eigenvalue weighted by molar-refractivity contribution is -0.142. The van der Waals surface area contributed by atoms with Crippen LogP contribution in [0, 0.1) is 0 Å². The zero-order valence-electron chi connectivity index (χ0n) is 11.6. The monoisotopic (exact) mass is 263 g/mol. The molecule has 1 atom stereocenters. The third kappa shape index (κ3) is 3.26. The molecule has 0 heterocycles. The minimum absolute atomic E-state index is 0.146. The molecule has 2 N–H and O–H groups in total. The van der Waals surface area contributed by atoms with Crippen LogP contribution in [0.4, 0.5) is 0 Å². The van der Waals surface area contributed by atoms with Crippen LogP contribution in [-0.2, 0) is 28.8 Å². The minimum Gasteiger partial charge on any atom is -0.494 e. The summed E-state index contributed by atoms with van der Waals surface area (Å²) in [5, 5.41) is 0. The van der Waals surface area contributed by atoms with Gasteiger partial charge in [-0.15, -0.1) is 0 Å². The molecule has 0 aromatic heterocycles. The highest BCUT2D eigenvalue weighted by molar-refractivity contribution is 5.73. The Morgan fingerprint density at radius 1 is 1.32 bits per heavy atom. The average Bonchev–Trinajstić information content (AvgIpc) is 2.70. The smallest absolute Gasteiger partial charge is 0.310 e. The van der Waals surface area contributed by atoms with Crippen molar-refractivity contribution < 1.29 is 14.3 Å². The van der Waals surface area contributed by atoms with Gasteiger partial charge in [0.2, 0.25) is 0 Å². The molecule has 0 radical (unpaired) electrons. The van der Waals surface area contributed by atoms with Gasteiger partial charge in [-0.05, 0) is 55.5 Å². The topological polar surface area (TPSA) is 61.5 Å². The predicted molar refractivity (Wildman–Crippen MR) is 73.3 cm³/mol. The number of benzene rings is 1. The van der Waals surface area contributed by atoms with Gasteiger partial charge in [0.1, 0.15) is 5.75 Å². The van der Waals surface area contributed by atoms with E-state index in [0.717, 1.165) is 24.2 Å². The molecule has 1 aliphatic rings. The third-order valence-corrected chi connectivity index (χ3v) is 3.31. The molecular weight excluding hydrogens is 242 g/mol. The van der Waals surface area contributed by atoms with Crippen molar-refractivity contribution in [2.24, 2.45) is 5.73 Å². The molecule has 1 aliphatic carbocycles. The Balaban J connectivity index is 2.27. The van der Waals surface area contributed by atoms with Crippen molar-refractivity contribution >= 4 is 5.97 Å². The molecule has 0 fully saturated rings. The summed E-state index contributed by atoms with van der Waals surface area (Å²) in [5.41, 5.74) is 9.41. The van der Waals surface area contributed by atoms with Gasteiger partial charge in [0.05, 0.1) is 19.6 Å². The van der Waals surface area contributed by atoms with Crippen LogP contribution in [0.25, 0.3) is 0 Å². The Morgan fingerprint density at radius 3 is 2.79 bits per heavy atom. The van der Waals surface area contributed by atoms with Crippen LogP contribution in [0.3, 0.4) is 0 Å². The van der Waals surface area contributed by atoms with Crippen molar-refractivity contribution in [1.82, 2.24) is 0 Å². The summed E-state index contributed by atoms with van der Waals surface area (Å²) < 4.78 is 10.6. The van der Waals surface area contributed by atoms with Gasteiger partial charge in [0, 0.05) is 6.04 Å². The molecule has 0 saturated heterocycles. The first-order chi connectivity index (χ1) is 9.13. The zero-order valence-corrected chi connectivity index (χ0v) is 11.6. The molecule has 104 valence electrons. The van der Waals surface area contributed by atoms with Crippen LogP contribution >= 0.6 is 0 Å². The molecule has 0 spiro atoms. The highest BCUT2D eigenvalue weighted by Crippen LogP contribution is 2.30. The lowest BCUT2D eigenvalue weighted by Gasteiger charge is -2.12. The van der Waals surface area contributed by atoms with Gasteiger partial charge < -0.3 is 15.2 Å². The van der Waals surface area contributed by atoms with E-state index >= 15 is 0 Å². The molecule has 0 amide bonds. The average molecular weight is 263 g/mol. The first-order valence-corrected chi connectivity index (χ1v) is 6.82. The highest BCUT2D eigenvalue weighted by atomic mass is 16.5. The molecule has 0 saturated carbocycles. The van der Waals surface area contributed by atoms with Gasteiger partial charge in [-0.3, -0.25) is 4.79 Å². The summed E-state index contributed by atoms with van der Waals surface area (Å²) in [6.45, 7) is 4.79. The Kier molecular flexibility index (Phi) is 4.43. The van der Waals surface area contributed by atoms with E-state index in [1.54, 1.807) is 0 Å². The standard InChI is InChI=1S/C15H21NO3/c1-3-18-13-6-10-5-12(16)9-14(10)11(7-13)8-15(17)19-4-2/h6-7,12H,3-5,8-9,16H2,1-2H3. The third-order valence-electron chi connectivity index (χ3n) is 3.31. The molecule has 4 heteroatoms. The number of hydrogen-bond donors (Lipinski definition) is 1. The number of carbonyl (C=O) groups excluding carboxylic acids is 1. The van der Waals surface area contributed by atoms with Crippen molar-refractivity contribution in [2.45, 2.75) is 39.2 Å². The summed E-state index contributed by atoms with van der Waals surface area (Å²) in [4.78, 5) is 11.7. The van der Waals surface area contributed by atoms with Crippen LogP contribution in [-0.4, -0.2) is 25.2 Å². The van der Waals surface area contributed by atoms with E-state index in [4.69, 9.17) is 15.2 Å². The molecule has 1 unspecified atom stereocenters. The van der Waals surface area contributed by atoms with Crippen molar-refractivity contribution in [3.05, 3.63) is 28.8 Å². The van der Waals surface area contributed by atoms with Gasteiger partial charge in [-0.25, -0.2) is 0 Å². The second-order valence-electron chi connectivity index (χ2n) is 4.80. The van der Waals surface area contributed by atoms with Crippen molar-refractivity contribution in [3.8, 4) is 5.75 Å². The van der Waals surface area contributed by atoms with Gasteiger partial charge >= 0.3 is 5.97 Å². The van der Waals surface area contributed by atoms with E-state index in [0.29, 0.717) is 19.6 Å². The first-order valence-electron chi connectivity index (χ1n) is 6.82. The quantitative estimate of drug-likeness (QED) is 0.820. The maximum atomic E-state index is 11.7. The zero-order chi connectivity index (χ0) is 13.8. The van der Waals surface area contributed by atoms with E-state index in [-0.39, 0.29) is 12.0 Å². The molecular formula is C15H21NO3. The number of ether oxygens (including phenoxy) is 2. The fourth-order valence-electron chi connectivity index (χ4n) is 2.60. The van der Waals surface area contributed by atoms with Gasteiger partial charge in [0.25, 0.3) is 0 Å².